The summed E-state index contributed by atoms with van der Waals surface area (Å²) in [5.41, 5.74) is 4.28. The van der Waals surface area contributed by atoms with Gasteiger partial charge < -0.3 is 19.7 Å². The zero-order valence-corrected chi connectivity index (χ0v) is 23.1. The molecular weight excluding hydrogens is 523 g/mol. The first-order valence-corrected chi connectivity index (χ1v) is 14.5. The van der Waals surface area contributed by atoms with Crippen LogP contribution in [0.25, 0.3) is 0 Å². The van der Waals surface area contributed by atoms with Crippen molar-refractivity contribution in [3.05, 3.63) is 71.4 Å². The average Bonchev–Trinajstić information content (AvgIpc) is 3.68. The Balaban J connectivity index is 1.03. The summed E-state index contributed by atoms with van der Waals surface area (Å²) in [7, 11) is 0. The van der Waals surface area contributed by atoms with Gasteiger partial charge in [0.25, 0.3) is 0 Å². The van der Waals surface area contributed by atoms with Crippen LogP contribution in [-0.4, -0.2) is 78.2 Å². The minimum absolute atomic E-state index is 0.0733. The summed E-state index contributed by atoms with van der Waals surface area (Å²) in [5.74, 6) is 1.80. The molecule has 4 aliphatic heterocycles. The summed E-state index contributed by atoms with van der Waals surface area (Å²) in [6, 6.07) is 11.1. The standard InChI is InChI=1S/C31H35FN6O3/c32-25-3-4-27(24(14-25)18-36-9-11-40-12-10-36)41-28-16-33-21-34-30(28)38-8-6-31(20-38)5-7-37(19-31)17-22-1-2-23-15-29(39)35-26(23)13-22/h1-4,13-14,16,21H,5-12,15,17-20H2,(H,35,39). The maximum Gasteiger partial charge on any atom is 0.228 e. The van der Waals surface area contributed by atoms with Gasteiger partial charge in [-0.05, 0) is 54.8 Å². The number of carbonyl (C=O) groups is 1. The lowest BCUT2D eigenvalue weighted by Gasteiger charge is -2.28. The third-order valence-corrected chi connectivity index (χ3v) is 8.86. The van der Waals surface area contributed by atoms with Crippen LogP contribution in [0.5, 0.6) is 11.5 Å². The van der Waals surface area contributed by atoms with Crippen LogP contribution in [0.4, 0.5) is 15.9 Å². The number of anilines is 2. The van der Waals surface area contributed by atoms with Crippen molar-refractivity contribution in [3.8, 4) is 11.5 Å². The molecule has 4 aliphatic rings. The third kappa shape index (κ3) is 5.64. The third-order valence-electron chi connectivity index (χ3n) is 8.86. The van der Waals surface area contributed by atoms with E-state index in [1.165, 1.54) is 11.6 Å². The van der Waals surface area contributed by atoms with Crippen LogP contribution in [0.2, 0.25) is 0 Å². The molecule has 3 fully saturated rings. The molecule has 1 aromatic heterocycles. The Kier molecular flexibility index (Phi) is 7.06. The van der Waals surface area contributed by atoms with Crippen LogP contribution < -0.4 is 15.0 Å². The van der Waals surface area contributed by atoms with Gasteiger partial charge in [-0.1, -0.05) is 12.1 Å². The van der Waals surface area contributed by atoms with Crippen molar-refractivity contribution in [2.45, 2.75) is 32.4 Å². The quantitative estimate of drug-likeness (QED) is 0.469. The van der Waals surface area contributed by atoms with Gasteiger partial charge in [0.05, 0.1) is 25.8 Å². The average molecular weight is 559 g/mol. The van der Waals surface area contributed by atoms with Crippen molar-refractivity contribution in [3.63, 3.8) is 0 Å². The summed E-state index contributed by atoms with van der Waals surface area (Å²) < 4.78 is 26.1. The van der Waals surface area contributed by atoms with E-state index in [-0.39, 0.29) is 17.1 Å². The first-order valence-electron chi connectivity index (χ1n) is 14.5. The summed E-state index contributed by atoms with van der Waals surface area (Å²) in [6.07, 6.45) is 5.98. The molecule has 0 radical (unpaired) electrons. The second-order valence-electron chi connectivity index (χ2n) is 11.8. The molecule has 3 saturated heterocycles. The Bertz CT molecular complexity index is 1450. The highest BCUT2D eigenvalue weighted by Crippen LogP contribution is 2.43. The molecule has 5 heterocycles. The van der Waals surface area contributed by atoms with Crippen LogP contribution in [0.3, 0.4) is 0 Å². The fourth-order valence-electron chi connectivity index (χ4n) is 6.74. The molecule has 1 atom stereocenters. The number of rotatable bonds is 7. The molecule has 0 saturated carbocycles. The van der Waals surface area contributed by atoms with E-state index < -0.39 is 0 Å². The van der Waals surface area contributed by atoms with Gasteiger partial charge in [-0.3, -0.25) is 14.6 Å². The monoisotopic (exact) mass is 558 g/mol. The minimum Gasteiger partial charge on any atom is -0.451 e. The molecule has 1 spiro atoms. The predicted molar refractivity (Wildman–Crippen MR) is 153 cm³/mol. The van der Waals surface area contributed by atoms with E-state index >= 15 is 0 Å². The number of nitrogens with zero attached hydrogens (tertiary/aromatic N) is 5. The van der Waals surface area contributed by atoms with Crippen molar-refractivity contribution < 1.29 is 18.7 Å². The van der Waals surface area contributed by atoms with Crippen LogP contribution >= 0.6 is 0 Å². The van der Waals surface area contributed by atoms with E-state index in [1.54, 1.807) is 24.7 Å². The maximum absolute atomic E-state index is 14.2. The van der Waals surface area contributed by atoms with E-state index in [1.807, 2.05) is 0 Å². The van der Waals surface area contributed by atoms with E-state index in [2.05, 4.69) is 48.2 Å². The summed E-state index contributed by atoms with van der Waals surface area (Å²) >= 11 is 0. The van der Waals surface area contributed by atoms with Gasteiger partial charge in [-0.15, -0.1) is 0 Å². The Morgan fingerprint density at radius 1 is 0.976 bits per heavy atom. The second-order valence-corrected chi connectivity index (χ2v) is 11.8. The molecule has 2 aromatic carbocycles. The Labute approximate surface area is 239 Å². The van der Waals surface area contributed by atoms with Crippen molar-refractivity contribution in [2.75, 3.05) is 62.7 Å². The number of aromatic nitrogens is 2. The van der Waals surface area contributed by atoms with Crippen molar-refractivity contribution >= 4 is 17.4 Å². The first-order chi connectivity index (χ1) is 20.0. The zero-order chi connectivity index (χ0) is 27.8. The molecule has 10 heteroatoms. The molecule has 1 unspecified atom stereocenters. The lowest BCUT2D eigenvalue weighted by molar-refractivity contribution is -0.115. The van der Waals surface area contributed by atoms with Gasteiger partial charge in [-0.2, -0.15) is 0 Å². The number of hydrogen-bond donors (Lipinski definition) is 1. The number of morpholine rings is 1. The molecule has 1 N–H and O–H groups in total. The van der Waals surface area contributed by atoms with Gasteiger partial charge >= 0.3 is 0 Å². The normalized spacial score (nSPS) is 22.9. The van der Waals surface area contributed by atoms with Crippen molar-refractivity contribution in [1.29, 1.82) is 0 Å². The molecule has 7 rings (SSSR count). The molecule has 41 heavy (non-hydrogen) atoms. The molecule has 3 aromatic rings. The first kappa shape index (κ1) is 26.3. The number of halogens is 1. The predicted octanol–water partition coefficient (Wildman–Crippen LogP) is 3.84. The van der Waals surface area contributed by atoms with Crippen LogP contribution in [-0.2, 0) is 29.0 Å². The molecule has 214 valence electrons. The number of hydrogen-bond acceptors (Lipinski definition) is 8. The number of carbonyl (C=O) groups excluding carboxylic acids is 1. The van der Waals surface area contributed by atoms with E-state index in [9.17, 15) is 9.18 Å². The number of ether oxygens (including phenoxy) is 2. The number of amides is 1. The van der Waals surface area contributed by atoms with Crippen LogP contribution in [0.15, 0.2) is 48.9 Å². The highest BCUT2D eigenvalue weighted by molar-refractivity contribution is 5.99. The van der Waals surface area contributed by atoms with Gasteiger partial charge in [-0.25, -0.2) is 14.4 Å². The lowest BCUT2D eigenvalue weighted by Crippen LogP contribution is -2.35. The summed E-state index contributed by atoms with van der Waals surface area (Å²) in [5, 5.41) is 2.97. The number of likely N-dealkylation sites (tertiary alicyclic amines) is 1. The highest BCUT2D eigenvalue weighted by atomic mass is 19.1. The van der Waals surface area contributed by atoms with E-state index in [0.717, 1.165) is 81.3 Å². The number of benzene rings is 2. The van der Waals surface area contributed by atoms with E-state index in [4.69, 9.17) is 9.47 Å². The molecule has 9 nitrogen and oxygen atoms in total. The Morgan fingerprint density at radius 2 is 1.85 bits per heavy atom. The topological polar surface area (TPSA) is 83.1 Å². The molecule has 0 bridgehead atoms. The highest BCUT2D eigenvalue weighted by Gasteiger charge is 2.44. The Morgan fingerprint density at radius 3 is 2.76 bits per heavy atom. The van der Waals surface area contributed by atoms with Gasteiger partial charge in [0.1, 0.15) is 17.9 Å². The van der Waals surface area contributed by atoms with Crippen molar-refractivity contribution in [1.82, 2.24) is 19.8 Å². The maximum atomic E-state index is 14.2. The summed E-state index contributed by atoms with van der Waals surface area (Å²) in [6.45, 7) is 8.33. The second kappa shape index (κ2) is 11.0. The SMILES string of the molecule is O=C1Cc2ccc(CN3CCC4(CCN(c5ncncc5Oc5ccc(F)cc5CN5CCOCC5)C4)C3)cc2N1. The van der Waals surface area contributed by atoms with Gasteiger partial charge in [0, 0.05) is 62.5 Å². The molecular formula is C31H35FN6O3. The van der Waals surface area contributed by atoms with Crippen LogP contribution in [0.1, 0.15) is 29.5 Å². The number of nitrogens with one attached hydrogen (secondary N) is 1. The Hall–Kier alpha value is -3.60. The minimum atomic E-state index is -0.276. The largest absolute Gasteiger partial charge is 0.451 e. The number of fused-ring (bicyclic) bond motifs is 1. The molecule has 0 aliphatic carbocycles. The summed E-state index contributed by atoms with van der Waals surface area (Å²) in [4.78, 5) is 27.7. The van der Waals surface area contributed by atoms with E-state index in [0.29, 0.717) is 37.7 Å². The van der Waals surface area contributed by atoms with Gasteiger partial charge in [0.15, 0.2) is 11.6 Å². The zero-order valence-electron chi connectivity index (χ0n) is 23.1. The molecule has 1 amide bonds. The lowest BCUT2D eigenvalue weighted by atomic mass is 9.86. The van der Waals surface area contributed by atoms with Crippen molar-refractivity contribution in [2.24, 2.45) is 5.41 Å². The smallest absolute Gasteiger partial charge is 0.228 e. The van der Waals surface area contributed by atoms with Crippen LogP contribution in [0, 0.1) is 11.2 Å². The van der Waals surface area contributed by atoms with Gasteiger partial charge in [0.2, 0.25) is 5.91 Å². The fraction of sp³-hybridized carbons (Fsp3) is 0.452. The fourth-order valence-corrected chi connectivity index (χ4v) is 6.74.